The number of hydrogen-bond acceptors (Lipinski definition) is 2. The van der Waals surface area contributed by atoms with Crippen molar-refractivity contribution < 1.29 is 14.7 Å². The van der Waals surface area contributed by atoms with Gasteiger partial charge in [-0.3, -0.25) is 9.59 Å². The van der Waals surface area contributed by atoms with Gasteiger partial charge in [0, 0.05) is 19.0 Å². The predicted molar refractivity (Wildman–Crippen MR) is 63.4 cm³/mol. The molecule has 2 fully saturated rings. The van der Waals surface area contributed by atoms with E-state index in [-0.39, 0.29) is 18.4 Å². The van der Waals surface area contributed by atoms with Gasteiger partial charge in [-0.2, -0.15) is 0 Å². The van der Waals surface area contributed by atoms with Crippen molar-refractivity contribution in [2.45, 2.75) is 45.6 Å². The van der Waals surface area contributed by atoms with E-state index in [1.165, 1.54) is 6.42 Å². The molecular weight excluding hydrogens is 218 g/mol. The van der Waals surface area contributed by atoms with E-state index in [0.717, 1.165) is 12.8 Å². The first-order chi connectivity index (χ1) is 8.00. The summed E-state index contributed by atoms with van der Waals surface area (Å²) in [5, 5.41) is 8.99. The molecule has 96 valence electrons. The van der Waals surface area contributed by atoms with Crippen LogP contribution in [0, 0.1) is 17.8 Å². The summed E-state index contributed by atoms with van der Waals surface area (Å²) in [5.41, 5.74) is 0. The lowest BCUT2D eigenvalue weighted by Crippen LogP contribution is -2.45. The van der Waals surface area contributed by atoms with Gasteiger partial charge in [-0.1, -0.05) is 26.7 Å². The summed E-state index contributed by atoms with van der Waals surface area (Å²) >= 11 is 0. The maximum atomic E-state index is 11.9. The third-order valence-corrected chi connectivity index (χ3v) is 4.57. The Labute approximate surface area is 102 Å². The predicted octanol–water partition coefficient (Wildman–Crippen LogP) is 1.74. The number of carbonyl (C=O) groups excluding carboxylic acids is 1. The van der Waals surface area contributed by atoms with Gasteiger partial charge in [0.05, 0.1) is 5.92 Å². The molecule has 1 aliphatic carbocycles. The monoisotopic (exact) mass is 239 g/mol. The van der Waals surface area contributed by atoms with Gasteiger partial charge >= 0.3 is 5.97 Å². The van der Waals surface area contributed by atoms with Crippen LogP contribution < -0.4 is 0 Å². The standard InChI is InChI=1S/C13H21NO3/c1-8-4-3-5-11(9(8)2)14-7-10(13(16)17)6-12(14)15/h8-11H,3-7H2,1-2H3,(H,16,17). The first kappa shape index (κ1) is 12.4. The lowest BCUT2D eigenvalue weighted by Gasteiger charge is -2.39. The molecule has 1 saturated heterocycles. The van der Waals surface area contributed by atoms with Crippen LogP contribution in [0.4, 0.5) is 0 Å². The molecule has 0 aromatic heterocycles. The van der Waals surface area contributed by atoms with Crippen molar-refractivity contribution in [3.8, 4) is 0 Å². The average molecular weight is 239 g/mol. The van der Waals surface area contributed by atoms with Crippen LogP contribution in [-0.4, -0.2) is 34.5 Å². The Hall–Kier alpha value is -1.06. The zero-order valence-electron chi connectivity index (χ0n) is 10.6. The van der Waals surface area contributed by atoms with Gasteiger partial charge in [-0.15, -0.1) is 0 Å². The number of carboxylic acids is 1. The van der Waals surface area contributed by atoms with Crippen molar-refractivity contribution in [3.63, 3.8) is 0 Å². The van der Waals surface area contributed by atoms with E-state index in [0.29, 0.717) is 18.4 Å². The van der Waals surface area contributed by atoms with Gasteiger partial charge in [0.1, 0.15) is 0 Å². The zero-order valence-corrected chi connectivity index (χ0v) is 10.6. The van der Waals surface area contributed by atoms with Crippen molar-refractivity contribution in [1.29, 1.82) is 0 Å². The largest absolute Gasteiger partial charge is 0.481 e. The number of hydrogen-bond donors (Lipinski definition) is 1. The first-order valence-corrected chi connectivity index (χ1v) is 6.53. The first-order valence-electron chi connectivity index (χ1n) is 6.53. The zero-order chi connectivity index (χ0) is 12.6. The van der Waals surface area contributed by atoms with Gasteiger partial charge in [0.15, 0.2) is 0 Å². The Balaban J connectivity index is 2.07. The second-order valence-corrected chi connectivity index (χ2v) is 5.62. The number of carbonyl (C=O) groups is 2. The van der Waals surface area contributed by atoms with Crippen molar-refractivity contribution in [3.05, 3.63) is 0 Å². The Morgan fingerprint density at radius 3 is 2.65 bits per heavy atom. The number of likely N-dealkylation sites (tertiary alicyclic amines) is 1. The van der Waals surface area contributed by atoms with Crippen molar-refractivity contribution in [2.24, 2.45) is 17.8 Å². The molecule has 4 heteroatoms. The van der Waals surface area contributed by atoms with Crippen LogP contribution in [0.5, 0.6) is 0 Å². The molecule has 17 heavy (non-hydrogen) atoms. The molecule has 4 nitrogen and oxygen atoms in total. The summed E-state index contributed by atoms with van der Waals surface area (Å²) in [6.07, 6.45) is 3.59. The van der Waals surface area contributed by atoms with Crippen LogP contribution in [0.25, 0.3) is 0 Å². The normalized spacial score (nSPS) is 38.5. The summed E-state index contributed by atoms with van der Waals surface area (Å²) in [6.45, 7) is 4.83. The lowest BCUT2D eigenvalue weighted by molar-refractivity contribution is -0.141. The van der Waals surface area contributed by atoms with Gasteiger partial charge in [0.25, 0.3) is 0 Å². The second kappa shape index (κ2) is 4.67. The third-order valence-electron chi connectivity index (χ3n) is 4.57. The number of nitrogens with zero attached hydrogens (tertiary/aromatic N) is 1. The number of carboxylic acid groups (broad SMARTS) is 1. The van der Waals surface area contributed by atoms with Crippen molar-refractivity contribution >= 4 is 11.9 Å². The van der Waals surface area contributed by atoms with E-state index in [4.69, 9.17) is 5.11 Å². The Morgan fingerprint density at radius 2 is 2.06 bits per heavy atom. The van der Waals surface area contributed by atoms with Crippen molar-refractivity contribution in [1.82, 2.24) is 4.90 Å². The lowest BCUT2D eigenvalue weighted by atomic mass is 9.77. The molecule has 4 atom stereocenters. The van der Waals surface area contributed by atoms with Crippen LogP contribution in [0.3, 0.4) is 0 Å². The number of amides is 1. The van der Waals surface area contributed by atoms with Crippen LogP contribution in [0.2, 0.25) is 0 Å². The number of rotatable bonds is 2. The molecule has 1 aliphatic heterocycles. The van der Waals surface area contributed by atoms with Crippen LogP contribution in [0.1, 0.15) is 39.5 Å². The highest BCUT2D eigenvalue weighted by atomic mass is 16.4. The Morgan fingerprint density at radius 1 is 1.35 bits per heavy atom. The SMILES string of the molecule is CC1CCCC(N2CC(C(=O)O)CC2=O)C1C. The van der Waals surface area contributed by atoms with Gasteiger partial charge in [-0.05, 0) is 18.3 Å². The molecule has 2 aliphatic rings. The van der Waals surface area contributed by atoms with E-state index in [9.17, 15) is 9.59 Å². The molecule has 0 radical (unpaired) electrons. The van der Waals surface area contributed by atoms with E-state index in [1.807, 2.05) is 4.90 Å². The molecular formula is C13H21NO3. The van der Waals surface area contributed by atoms with Gasteiger partial charge < -0.3 is 10.0 Å². The molecule has 0 bridgehead atoms. The third kappa shape index (κ3) is 2.31. The molecule has 1 saturated carbocycles. The molecule has 0 aromatic rings. The molecule has 2 rings (SSSR count). The molecule has 4 unspecified atom stereocenters. The highest BCUT2D eigenvalue weighted by Crippen LogP contribution is 2.35. The molecule has 1 heterocycles. The van der Waals surface area contributed by atoms with E-state index in [2.05, 4.69) is 13.8 Å². The minimum atomic E-state index is -0.836. The fourth-order valence-electron chi connectivity index (χ4n) is 3.21. The smallest absolute Gasteiger partial charge is 0.308 e. The van der Waals surface area contributed by atoms with Crippen LogP contribution in [0.15, 0.2) is 0 Å². The quantitative estimate of drug-likeness (QED) is 0.798. The minimum absolute atomic E-state index is 0.0309. The summed E-state index contributed by atoms with van der Waals surface area (Å²) < 4.78 is 0. The topological polar surface area (TPSA) is 57.6 Å². The van der Waals surface area contributed by atoms with E-state index < -0.39 is 11.9 Å². The maximum absolute atomic E-state index is 11.9. The molecule has 1 N–H and O–H groups in total. The highest BCUT2D eigenvalue weighted by Gasteiger charge is 2.41. The molecule has 1 amide bonds. The van der Waals surface area contributed by atoms with Crippen LogP contribution in [-0.2, 0) is 9.59 Å². The second-order valence-electron chi connectivity index (χ2n) is 5.62. The fourth-order valence-corrected chi connectivity index (χ4v) is 3.21. The van der Waals surface area contributed by atoms with E-state index in [1.54, 1.807) is 0 Å². The minimum Gasteiger partial charge on any atom is -0.481 e. The molecule has 0 spiro atoms. The number of aliphatic carboxylic acids is 1. The highest BCUT2D eigenvalue weighted by molar-refractivity contribution is 5.86. The summed E-state index contributed by atoms with van der Waals surface area (Å²) in [7, 11) is 0. The average Bonchev–Trinajstić information content (AvgIpc) is 2.65. The Bertz CT molecular complexity index is 329. The summed E-state index contributed by atoms with van der Waals surface area (Å²) in [4.78, 5) is 24.7. The van der Waals surface area contributed by atoms with Gasteiger partial charge in [0.2, 0.25) is 5.91 Å². The Kier molecular flexibility index (Phi) is 3.40. The van der Waals surface area contributed by atoms with Crippen LogP contribution >= 0.6 is 0 Å². The van der Waals surface area contributed by atoms with E-state index >= 15 is 0 Å². The summed E-state index contributed by atoms with van der Waals surface area (Å²) in [5.74, 6) is -0.182. The van der Waals surface area contributed by atoms with Crippen molar-refractivity contribution in [2.75, 3.05) is 6.54 Å². The maximum Gasteiger partial charge on any atom is 0.308 e. The van der Waals surface area contributed by atoms with Gasteiger partial charge in [-0.25, -0.2) is 0 Å². The fraction of sp³-hybridized carbons (Fsp3) is 0.846. The molecule has 0 aromatic carbocycles. The summed E-state index contributed by atoms with van der Waals surface area (Å²) in [6, 6.07) is 0.260.